The maximum atomic E-state index is 12.1. The summed E-state index contributed by atoms with van der Waals surface area (Å²) in [6, 6.07) is 0. The summed E-state index contributed by atoms with van der Waals surface area (Å²) in [4.78, 5) is 35.8. The predicted octanol–water partition coefficient (Wildman–Crippen LogP) is 1.73. The van der Waals surface area contributed by atoms with Crippen LogP contribution in [-0.4, -0.2) is 38.2 Å². The maximum absolute atomic E-state index is 12.1. The molecule has 124 valence electrons. The van der Waals surface area contributed by atoms with Crippen molar-refractivity contribution in [1.82, 2.24) is 0 Å². The second-order valence-corrected chi connectivity index (χ2v) is 5.23. The van der Waals surface area contributed by atoms with Gasteiger partial charge in [-0.3, -0.25) is 14.4 Å². The fraction of sp³-hybridized carbons (Fsp3) is 0.688. The van der Waals surface area contributed by atoms with Crippen LogP contribution in [0.1, 0.15) is 27.2 Å². The van der Waals surface area contributed by atoms with Crippen LogP contribution < -0.4 is 0 Å². The van der Waals surface area contributed by atoms with E-state index in [0.29, 0.717) is 6.42 Å². The summed E-state index contributed by atoms with van der Waals surface area (Å²) in [7, 11) is 1.33. The lowest BCUT2D eigenvalue weighted by Crippen LogP contribution is -2.37. The van der Waals surface area contributed by atoms with Gasteiger partial charge in [0, 0.05) is 0 Å². The fourth-order valence-electron chi connectivity index (χ4n) is 2.62. The van der Waals surface area contributed by atoms with Gasteiger partial charge in [0.25, 0.3) is 0 Å². The molecule has 4 atom stereocenters. The van der Waals surface area contributed by atoms with Crippen molar-refractivity contribution in [2.75, 3.05) is 20.3 Å². The molecule has 0 aliphatic heterocycles. The molecule has 1 aliphatic rings. The number of esters is 3. The molecule has 0 radical (unpaired) electrons. The summed E-state index contributed by atoms with van der Waals surface area (Å²) in [5.41, 5.74) is 0. The third-order valence-electron chi connectivity index (χ3n) is 3.89. The standard InChI is InChI=1S/C16H24O6/c1-5-21-15(18)12-8-7-11(10(3)14(17)20-4)9-13(12)16(19)22-6-2/h7-8,10-13H,5-6,9H2,1-4H3/t10-,11+,12+,13+/m1/s1. The van der Waals surface area contributed by atoms with E-state index in [-0.39, 0.29) is 31.0 Å². The average Bonchev–Trinajstić information content (AvgIpc) is 2.53. The van der Waals surface area contributed by atoms with Gasteiger partial charge in [-0.25, -0.2) is 0 Å². The Balaban J connectivity index is 2.95. The number of hydrogen-bond donors (Lipinski definition) is 0. The predicted molar refractivity (Wildman–Crippen MR) is 78.7 cm³/mol. The lowest BCUT2D eigenvalue weighted by Gasteiger charge is -2.31. The molecule has 0 saturated heterocycles. The van der Waals surface area contributed by atoms with Gasteiger partial charge in [0.15, 0.2) is 0 Å². The topological polar surface area (TPSA) is 78.9 Å². The molecule has 0 amide bonds. The highest BCUT2D eigenvalue weighted by atomic mass is 16.5. The van der Waals surface area contributed by atoms with E-state index in [4.69, 9.17) is 14.2 Å². The van der Waals surface area contributed by atoms with E-state index in [2.05, 4.69) is 0 Å². The summed E-state index contributed by atoms with van der Waals surface area (Å²) in [6.07, 6.45) is 3.79. The zero-order valence-electron chi connectivity index (χ0n) is 13.5. The Morgan fingerprint density at radius 1 is 1.09 bits per heavy atom. The largest absolute Gasteiger partial charge is 0.469 e. The van der Waals surface area contributed by atoms with Crippen molar-refractivity contribution in [3.8, 4) is 0 Å². The molecule has 0 fully saturated rings. The SMILES string of the molecule is CCOC(=O)[C@H]1C=C[C@H]([C@@H](C)C(=O)OC)C[C@@H]1C(=O)OCC. The van der Waals surface area contributed by atoms with Crippen LogP contribution in [0, 0.1) is 23.7 Å². The monoisotopic (exact) mass is 312 g/mol. The van der Waals surface area contributed by atoms with Crippen molar-refractivity contribution in [1.29, 1.82) is 0 Å². The zero-order valence-corrected chi connectivity index (χ0v) is 13.5. The second kappa shape index (κ2) is 8.56. The molecular weight excluding hydrogens is 288 g/mol. The molecule has 1 rings (SSSR count). The van der Waals surface area contributed by atoms with Gasteiger partial charge in [0.05, 0.1) is 38.1 Å². The van der Waals surface area contributed by atoms with Crippen LogP contribution in [0.5, 0.6) is 0 Å². The summed E-state index contributed by atoms with van der Waals surface area (Å²) >= 11 is 0. The quantitative estimate of drug-likeness (QED) is 0.422. The van der Waals surface area contributed by atoms with Crippen molar-refractivity contribution in [3.63, 3.8) is 0 Å². The minimum Gasteiger partial charge on any atom is -0.469 e. The van der Waals surface area contributed by atoms with Crippen molar-refractivity contribution in [3.05, 3.63) is 12.2 Å². The molecule has 0 N–H and O–H groups in total. The Kier molecular flexibility index (Phi) is 7.08. The van der Waals surface area contributed by atoms with Gasteiger partial charge in [0.2, 0.25) is 0 Å². The molecule has 0 heterocycles. The smallest absolute Gasteiger partial charge is 0.313 e. The highest BCUT2D eigenvalue weighted by Gasteiger charge is 2.40. The first-order valence-corrected chi connectivity index (χ1v) is 7.55. The molecular formula is C16H24O6. The van der Waals surface area contributed by atoms with E-state index >= 15 is 0 Å². The maximum Gasteiger partial charge on any atom is 0.313 e. The van der Waals surface area contributed by atoms with Crippen LogP contribution in [0.4, 0.5) is 0 Å². The van der Waals surface area contributed by atoms with Gasteiger partial charge >= 0.3 is 17.9 Å². The van der Waals surface area contributed by atoms with Crippen molar-refractivity contribution in [2.24, 2.45) is 23.7 Å². The highest BCUT2D eigenvalue weighted by Crippen LogP contribution is 2.34. The number of methoxy groups -OCH3 is 1. The number of carbonyl (C=O) groups is 3. The lowest BCUT2D eigenvalue weighted by atomic mass is 9.74. The van der Waals surface area contributed by atoms with Gasteiger partial charge in [-0.2, -0.15) is 0 Å². The number of ether oxygens (including phenoxy) is 3. The zero-order chi connectivity index (χ0) is 16.7. The van der Waals surface area contributed by atoms with Gasteiger partial charge in [-0.05, 0) is 26.2 Å². The summed E-state index contributed by atoms with van der Waals surface area (Å²) < 4.78 is 14.8. The minimum atomic E-state index is -0.667. The third-order valence-corrected chi connectivity index (χ3v) is 3.89. The van der Waals surface area contributed by atoms with E-state index in [9.17, 15) is 14.4 Å². The second-order valence-electron chi connectivity index (χ2n) is 5.23. The summed E-state index contributed by atoms with van der Waals surface area (Å²) in [6.45, 7) is 5.66. The van der Waals surface area contributed by atoms with Crippen LogP contribution in [0.2, 0.25) is 0 Å². The van der Waals surface area contributed by atoms with Gasteiger partial charge in [-0.15, -0.1) is 0 Å². The first kappa shape index (κ1) is 18.2. The first-order valence-electron chi connectivity index (χ1n) is 7.55. The minimum absolute atomic E-state index is 0.174. The molecule has 6 heteroatoms. The van der Waals surface area contributed by atoms with Crippen molar-refractivity contribution < 1.29 is 28.6 Å². The molecule has 0 aromatic rings. The molecule has 1 aliphatic carbocycles. The average molecular weight is 312 g/mol. The third kappa shape index (κ3) is 4.32. The van der Waals surface area contributed by atoms with Crippen LogP contribution in [-0.2, 0) is 28.6 Å². The van der Waals surface area contributed by atoms with E-state index in [1.54, 1.807) is 32.9 Å². The van der Waals surface area contributed by atoms with Crippen LogP contribution in [0.15, 0.2) is 12.2 Å². The van der Waals surface area contributed by atoms with Gasteiger partial charge < -0.3 is 14.2 Å². The van der Waals surface area contributed by atoms with Gasteiger partial charge in [0.1, 0.15) is 0 Å². The number of hydrogen-bond acceptors (Lipinski definition) is 6. The molecule has 0 unspecified atom stereocenters. The molecule has 0 spiro atoms. The Bertz CT molecular complexity index is 442. The summed E-state index contributed by atoms with van der Waals surface area (Å²) in [5.74, 6) is -3.09. The van der Waals surface area contributed by atoms with Crippen LogP contribution in [0.3, 0.4) is 0 Å². The number of rotatable bonds is 6. The Labute approximate surface area is 130 Å². The van der Waals surface area contributed by atoms with E-state index in [1.165, 1.54) is 7.11 Å². The number of allylic oxidation sites excluding steroid dienone is 1. The molecule has 22 heavy (non-hydrogen) atoms. The van der Waals surface area contributed by atoms with Crippen molar-refractivity contribution in [2.45, 2.75) is 27.2 Å². The van der Waals surface area contributed by atoms with Crippen molar-refractivity contribution >= 4 is 17.9 Å². The van der Waals surface area contributed by atoms with E-state index < -0.39 is 23.8 Å². The molecule has 0 saturated carbocycles. The molecule has 0 aromatic carbocycles. The van der Waals surface area contributed by atoms with Crippen LogP contribution in [0.25, 0.3) is 0 Å². The Morgan fingerprint density at radius 3 is 2.23 bits per heavy atom. The van der Waals surface area contributed by atoms with Crippen LogP contribution >= 0.6 is 0 Å². The highest BCUT2D eigenvalue weighted by molar-refractivity contribution is 5.84. The number of carbonyl (C=O) groups excluding carboxylic acids is 3. The Hall–Kier alpha value is -1.85. The van der Waals surface area contributed by atoms with Gasteiger partial charge in [-0.1, -0.05) is 19.1 Å². The Morgan fingerprint density at radius 2 is 1.68 bits per heavy atom. The normalized spacial score (nSPS) is 25.2. The van der Waals surface area contributed by atoms with E-state index in [0.717, 1.165) is 0 Å². The molecule has 0 aromatic heterocycles. The molecule has 0 bridgehead atoms. The lowest BCUT2D eigenvalue weighted by molar-refractivity contribution is -0.160. The fourth-order valence-corrected chi connectivity index (χ4v) is 2.62. The molecule has 6 nitrogen and oxygen atoms in total. The van der Waals surface area contributed by atoms with E-state index in [1.807, 2.05) is 0 Å². The summed E-state index contributed by atoms with van der Waals surface area (Å²) in [5, 5.41) is 0. The first-order chi connectivity index (χ1) is 10.5.